The van der Waals surface area contributed by atoms with Crippen molar-refractivity contribution < 1.29 is 19.1 Å². The van der Waals surface area contributed by atoms with E-state index in [0.29, 0.717) is 30.9 Å². The number of nitrogens with one attached hydrogen (secondary N) is 1. The highest BCUT2D eigenvalue weighted by Gasteiger charge is 2.04. The van der Waals surface area contributed by atoms with Crippen LogP contribution in [0.3, 0.4) is 0 Å². The summed E-state index contributed by atoms with van der Waals surface area (Å²) in [5.41, 5.74) is 5.73. The lowest BCUT2D eigenvalue weighted by Crippen LogP contribution is -2.14. The number of ether oxygens (including phenoxy) is 2. The van der Waals surface area contributed by atoms with Crippen LogP contribution in [0.1, 0.15) is 19.3 Å². The van der Waals surface area contributed by atoms with Crippen molar-refractivity contribution in [1.29, 1.82) is 0 Å². The van der Waals surface area contributed by atoms with Crippen molar-refractivity contribution in [1.82, 2.24) is 0 Å². The summed E-state index contributed by atoms with van der Waals surface area (Å²) in [5, 5.41) is 2.82. The highest BCUT2D eigenvalue weighted by molar-refractivity contribution is 9.10. The zero-order valence-electron chi connectivity index (χ0n) is 14.2. The molecular weight excluding hydrogens is 400 g/mol. The molecule has 0 saturated carbocycles. The lowest BCUT2D eigenvalue weighted by molar-refractivity contribution is -0.118. The molecule has 0 heterocycles. The lowest BCUT2D eigenvalue weighted by atomic mass is 10.2. The van der Waals surface area contributed by atoms with Crippen LogP contribution in [0.25, 0.3) is 0 Å². The van der Waals surface area contributed by atoms with Gasteiger partial charge in [-0.05, 0) is 48.9 Å². The van der Waals surface area contributed by atoms with Crippen LogP contribution in [0.2, 0.25) is 0 Å². The van der Waals surface area contributed by atoms with Gasteiger partial charge in [-0.15, -0.1) is 0 Å². The third kappa shape index (κ3) is 7.57. The van der Waals surface area contributed by atoms with Gasteiger partial charge in [0.2, 0.25) is 11.8 Å². The van der Waals surface area contributed by atoms with Crippen molar-refractivity contribution in [2.24, 2.45) is 5.73 Å². The largest absolute Gasteiger partial charge is 0.494 e. The maximum atomic E-state index is 12.0. The number of benzene rings is 2. The van der Waals surface area contributed by atoms with Gasteiger partial charge >= 0.3 is 0 Å². The molecular formula is C19H21BrN2O4. The van der Waals surface area contributed by atoms with E-state index in [0.717, 1.165) is 10.2 Å². The van der Waals surface area contributed by atoms with E-state index >= 15 is 0 Å². The predicted molar refractivity (Wildman–Crippen MR) is 103 cm³/mol. The minimum absolute atomic E-state index is 0.0785. The number of rotatable bonds is 10. The molecule has 2 aromatic rings. The second kappa shape index (κ2) is 10.5. The van der Waals surface area contributed by atoms with Crippen LogP contribution >= 0.6 is 15.9 Å². The van der Waals surface area contributed by atoms with Gasteiger partial charge in [0, 0.05) is 16.6 Å². The van der Waals surface area contributed by atoms with Crippen LogP contribution in [0.4, 0.5) is 5.69 Å². The molecule has 0 bridgehead atoms. The minimum Gasteiger partial charge on any atom is -0.494 e. The Balaban J connectivity index is 1.66. The standard InChI is InChI=1S/C19H21BrN2O4/c20-14-3-1-4-17(13-14)25-11-2-5-19(24)22-15-6-8-16(9-7-15)26-12-10-18(21)23/h1,3-4,6-9,13H,2,5,10-12H2,(H2,21,23)(H,22,24). The maximum absolute atomic E-state index is 12.0. The number of nitrogens with two attached hydrogens (primary N) is 1. The zero-order valence-corrected chi connectivity index (χ0v) is 15.8. The van der Waals surface area contributed by atoms with E-state index in [9.17, 15) is 9.59 Å². The van der Waals surface area contributed by atoms with E-state index in [-0.39, 0.29) is 18.9 Å². The molecule has 0 atom stereocenters. The van der Waals surface area contributed by atoms with E-state index in [1.165, 1.54) is 0 Å². The smallest absolute Gasteiger partial charge is 0.224 e. The first-order valence-electron chi connectivity index (χ1n) is 8.22. The second-order valence-electron chi connectivity index (χ2n) is 5.55. The number of amides is 2. The molecule has 2 rings (SSSR count). The molecule has 0 aromatic heterocycles. The molecule has 3 N–H and O–H groups in total. The van der Waals surface area contributed by atoms with Gasteiger partial charge in [-0.25, -0.2) is 0 Å². The average molecular weight is 421 g/mol. The van der Waals surface area contributed by atoms with Crippen LogP contribution in [-0.4, -0.2) is 25.0 Å². The number of halogens is 1. The van der Waals surface area contributed by atoms with Gasteiger partial charge in [-0.3, -0.25) is 9.59 Å². The Hall–Kier alpha value is -2.54. The summed E-state index contributed by atoms with van der Waals surface area (Å²) in [6, 6.07) is 14.5. The molecule has 0 aliphatic heterocycles. The molecule has 2 amide bonds. The summed E-state index contributed by atoms with van der Waals surface area (Å²) < 4.78 is 11.9. The maximum Gasteiger partial charge on any atom is 0.224 e. The van der Waals surface area contributed by atoms with Crippen molar-refractivity contribution >= 4 is 33.4 Å². The number of carbonyl (C=O) groups is 2. The zero-order chi connectivity index (χ0) is 18.8. The molecule has 138 valence electrons. The van der Waals surface area contributed by atoms with Gasteiger partial charge < -0.3 is 20.5 Å². The van der Waals surface area contributed by atoms with E-state index in [1.807, 2.05) is 24.3 Å². The predicted octanol–water partition coefficient (Wildman–Crippen LogP) is 3.50. The average Bonchev–Trinajstić information content (AvgIpc) is 2.60. The van der Waals surface area contributed by atoms with Crippen LogP contribution in [-0.2, 0) is 9.59 Å². The fourth-order valence-electron chi connectivity index (χ4n) is 2.11. The molecule has 0 aliphatic carbocycles. The summed E-state index contributed by atoms with van der Waals surface area (Å²) in [4.78, 5) is 22.6. The number of primary amides is 1. The molecule has 6 nitrogen and oxygen atoms in total. The van der Waals surface area contributed by atoms with Crippen molar-refractivity contribution in [3.8, 4) is 11.5 Å². The number of carbonyl (C=O) groups excluding carboxylic acids is 2. The first-order chi connectivity index (χ1) is 12.5. The fourth-order valence-corrected chi connectivity index (χ4v) is 2.49. The molecule has 0 radical (unpaired) electrons. The number of hydrogen-bond acceptors (Lipinski definition) is 4. The van der Waals surface area contributed by atoms with Gasteiger partial charge in [0.1, 0.15) is 11.5 Å². The van der Waals surface area contributed by atoms with E-state index in [2.05, 4.69) is 21.2 Å². The highest BCUT2D eigenvalue weighted by atomic mass is 79.9. The monoisotopic (exact) mass is 420 g/mol. The van der Waals surface area contributed by atoms with E-state index in [4.69, 9.17) is 15.2 Å². The van der Waals surface area contributed by atoms with Crippen LogP contribution < -0.4 is 20.5 Å². The fraction of sp³-hybridized carbons (Fsp3) is 0.263. The summed E-state index contributed by atoms with van der Waals surface area (Å²) in [6.45, 7) is 0.704. The van der Waals surface area contributed by atoms with Crippen LogP contribution in [0.15, 0.2) is 53.0 Å². The van der Waals surface area contributed by atoms with E-state index < -0.39 is 5.91 Å². The Bertz CT molecular complexity index is 735. The van der Waals surface area contributed by atoms with Gasteiger partial charge in [0.15, 0.2) is 0 Å². The van der Waals surface area contributed by atoms with Gasteiger partial charge in [0.25, 0.3) is 0 Å². The highest BCUT2D eigenvalue weighted by Crippen LogP contribution is 2.18. The summed E-state index contributed by atoms with van der Waals surface area (Å²) in [5.74, 6) is 0.904. The Morgan fingerprint density at radius 1 is 0.962 bits per heavy atom. The molecule has 2 aromatic carbocycles. The van der Waals surface area contributed by atoms with Crippen molar-refractivity contribution in [2.75, 3.05) is 18.5 Å². The first-order valence-corrected chi connectivity index (χ1v) is 9.01. The lowest BCUT2D eigenvalue weighted by Gasteiger charge is -2.09. The summed E-state index contributed by atoms with van der Waals surface area (Å²) >= 11 is 3.38. The third-order valence-electron chi connectivity index (χ3n) is 3.37. The first kappa shape index (κ1) is 19.8. The Labute approximate surface area is 160 Å². The number of anilines is 1. The number of hydrogen-bond donors (Lipinski definition) is 2. The van der Waals surface area contributed by atoms with Crippen LogP contribution in [0, 0.1) is 0 Å². The molecule has 0 fully saturated rings. The molecule has 0 spiro atoms. The molecule has 0 aliphatic rings. The third-order valence-corrected chi connectivity index (χ3v) is 3.86. The summed E-state index contributed by atoms with van der Waals surface area (Å²) in [7, 11) is 0. The minimum atomic E-state index is -0.405. The summed E-state index contributed by atoms with van der Waals surface area (Å²) in [6.07, 6.45) is 1.15. The second-order valence-corrected chi connectivity index (χ2v) is 6.46. The normalized spacial score (nSPS) is 10.2. The van der Waals surface area contributed by atoms with Gasteiger partial charge in [-0.2, -0.15) is 0 Å². The van der Waals surface area contributed by atoms with Crippen molar-refractivity contribution in [3.05, 3.63) is 53.0 Å². The molecule has 26 heavy (non-hydrogen) atoms. The Morgan fingerprint density at radius 3 is 2.38 bits per heavy atom. The Kier molecular flexibility index (Phi) is 7.95. The quantitative estimate of drug-likeness (QED) is 0.575. The van der Waals surface area contributed by atoms with Crippen molar-refractivity contribution in [3.63, 3.8) is 0 Å². The van der Waals surface area contributed by atoms with E-state index in [1.54, 1.807) is 24.3 Å². The van der Waals surface area contributed by atoms with Gasteiger partial charge in [-0.1, -0.05) is 22.0 Å². The Morgan fingerprint density at radius 2 is 1.69 bits per heavy atom. The van der Waals surface area contributed by atoms with Gasteiger partial charge in [0.05, 0.1) is 19.6 Å². The molecule has 0 unspecified atom stereocenters. The van der Waals surface area contributed by atoms with Crippen molar-refractivity contribution in [2.45, 2.75) is 19.3 Å². The molecule has 0 saturated heterocycles. The van der Waals surface area contributed by atoms with Crippen LogP contribution in [0.5, 0.6) is 11.5 Å². The SMILES string of the molecule is NC(=O)CCOc1ccc(NC(=O)CCCOc2cccc(Br)c2)cc1. The molecule has 7 heteroatoms. The topological polar surface area (TPSA) is 90.7 Å².